The number of benzene rings is 7. The number of aromatic nitrogens is 3. The molecular weight excluding hydrogens is 967 g/mol. The summed E-state index contributed by atoms with van der Waals surface area (Å²) in [4.78, 5) is 13.8. The number of pyridine rings is 3. The van der Waals surface area contributed by atoms with Crippen LogP contribution in [-0.4, -0.2) is 15.0 Å². The smallest absolute Gasteiger partial charge is 0.305 e. The van der Waals surface area contributed by atoms with Gasteiger partial charge in [-0.15, -0.1) is 101 Å². The van der Waals surface area contributed by atoms with Gasteiger partial charge in [0.15, 0.2) is 0 Å². The fourth-order valence-corrected chi connectivity index (χ4v) is 8.38. The largest absolute Gasteiger partial charge is 3.00 e. The van der Waals surface area contributed by atoms with Crippen LogP contribution in [0.25, 0.3) is 78.3 Å². The standard InChI is InChI=1S/C61H44N3.Ir/c1-2-11-48(12-3-1)53-13-10-14-54(42-53)55-35-38-64-61(43-55)52-33-31-49(32-34-52)57-15-4-5-16-58(57)56-40-46(21-19-44-23-27-50(28-24-44)59-17-6-8-36-62-59)39-47(41-56)22-20-45-25-29-51(30-26-45)60-18-7-9-37-63-60;/h1-18,23-27,29,31-33,35-43H,19-22H2;/q-3;+3. The fraction of sp³-hybridized carbons (Fsp3) is 0.0656. The molecule has 0 atom stereocenters. The van der Waals surface area contributed by atoms with E-state index in [1.54, 1.807) is 0 Å². The molecule has 0 fully saturated rings. The number of aryl methyl sites for hydroxylation is 4. The average molecular weight is 1010 g/mol. The molecule has 0 saturated carbocycles. The van der Waals surface area contributed by atoms with Crippen LogP contribution in [0.5, 0.6) is 0 Å². The topological polar surface area (TPSA) is 38.7 Å². The van der Waals surface area contributed by atoms with Crippen molar-refractivity contribution in [2.45, 2.75) is 25.7 Å². The monoisotopic (exact) mass is 1010 g/mol. The Balaban J connectivity index is 0.00000533. The van der Waals surface area contributed by atoms with Crippen molar-refractivity contribution in [3.05, 3.63) is 259 Å². The first-order valence-corrected chi connectivity index (χ1v) is 21.9. The van der Waals surface area contributed by atoms with Gasteiger partial charge in [0, 0.05) is 18.6 Å². The van der Waals surface area contributed by atoms with Gasteiger partial charge in [-0.2, -0.15) is 0 Å². The van der Waals surface area contributed by atoms with Crippen LogP contribution < -0.4 is 0 Å². The van der Waals surface area contributed by atoms with Crippen LogP contribution in [0, 0.1) is 18.2 Å². The van der Waals surface area contributed by atoms with Gasteiger partial charge in [0.05, 0.1) is 0 Å². The van der Waals surface area contributed by atoms with Crippen molar-refractivity contribution < 1.29 is 20.1 Å². The molecule has 0 radical (unpaired) electrons. The van der Waals surface area contributed by atoms with Crippen molar-refractivity contribution in [2.75, 3.05) is 0 Å². The van der Waals surface area contributed by atoms with E-state index in [9.17, 15) is 0 Å². The zero-order valence-corrected chi connectivity index (χ0v) is 38.2. The van der Waals surface area contributed by atoms with Gasteiger partial charge in [-0.3, -0.25) is 0 Å². The molecule has 3 aromatic heterocycles. The number of hydrogen-bond acceptors (Lipinski definition) is 3. The van der Waals surface area contributed by atoms with Crippen molar-refractivity contribution in [3.63, 3.8) is 0 Å². The van der Waals surface area contributed by atoms with E-state index in [0.717, 1.165) is 76.1 Å². The first kappa shape index (κ1) is 42.9. The van der Waals surface area contributed by atoms with Gasteiger partial charge in [-0.05, 0) is 98.7 Å². The minimum absolute atomic E-state index is 0. The second-order valence-electron chi connectivity index (χ2n) is 16.1. The van der Waals surface area contributed by atoms with Crippen LogP contribution >= 0.6 is 0 Å². The van der Waals surface area contributed by atoms with Gasteiger partial charge in [0.25, 0.3) is 0 Å². The van der Waals surface area contributed by atoms with E-state index in [1.165, 1.54) is 50.1 Å². The summed E-state index contributed by atoms with van der Waals surface area (Å²) in [6.45, 7) is 0. The van der Waals surface area contributed by atoms with Crippen LogP contribution in [0.3, 0.4) is 0 Å². The third kappa shape index (κ3) is 10.4. The summed E-state index contributed by atoms with van der Waals surface area (Å²) in [5.74, 6) is 0. The van der Waals surface area contributed by atoms with Crippen LogP contribution in [-0.2, 0) is 45.8 Å². The maximum atomic E-state index is 4.78. The summed E-state index contributed by atoms with van der Waals surface area (Å²) in [5.41, 5.74) is 20.3. The molecular formula is C61H44IrN3. The normalized spacial score (nSPS) is 10.9. The molecule has 0 saturated heterocycles. The molecule has 3 nitrogen and oxygen atoms in total. The first-order valence-electron chi connectivity index (χ1n) is 21.9. The second-order valence-corrected chi connectivity index (χ2v) is 16.1. The first-order chi connectivity index (χ1) is 31.7. The molecule has 0 amide bonds. The van der Waals surface area contributed by atoms with E-state index in [-0.39, 0.29) is 20.1 Å². The molecule has 0 aliphatic carbocycles. The van der Waals surface area contributed by atoms with Crippen LogP contribution in [0.4, 0.5) is 0 Å². The number of rotatable bonds is 13. The maximum absolute atomic E-state index is 4.78. The van der Waals surface area contributed by atoms with E-state index >= 15 is 0 Å². The molecule has 10 aromatic rings. The summed E-state index contributed by atoms with van der Waals surface area (Å²) in [6.07, 6.45) is 9.21. The van der Waals surface area contributed by atoms with E-state index < -0.39 is 0 Å². The molecule has 0 aliphatic rings. The molecule has 0 unspecified atom stereocenters. The molecule has 0 spiro atoms. The molecule has 10 rings (SSSR count). The Labute approximate surface area is 396 Å². The molecule has 65 heavy (non-hydrogen) atoms. The number of nitrogens with zero attached hydrogens (tertiary/aromatic N) is 3. The zero-order chi connectivity index (χ0) is 42.9. The molecule has 7 aromatic carbocycles. The molecule has 3 heterocycles. The van der Waals surface area contributed by atoms with Gasteiger partial charge in [0.1, 0.15) is 0 Å². The van der Waals surface area contributed by atoms with Gasteiger partial charge in [-0.25, -0.2) is 0 Å². The Morgan fingerprint density at radius 3 is 1.35 bits per heavy atom. The van der Waals surface area contributed by atoms with Crippen LogP contribution in [0.1, 0.15) is 22.3 Å². The molecule has 4 heteroatoms. The van der Waals surface area contributed by atoms with Gasteiger partial charge in [-0.1, -0.05) is 145 Å². The summed E-state index contributed by atoms with van der Waals surface area (Å²) < 4.78 is 0. The Morgan fingerprint density at radius 2 is 0.785 bits per heavy atom. The van der Waals surface area contributed by atoms with Crippen molar-refractivity contribution in [1.29, 1.82) is 0 Å². The third-order valence-corrected chi connectivity index (χ3v) is 11.8. The van der Waals surface area contributed by atoms with Gasteiger partial charge < -0.3 is 15.0 Å². The van der Waals surface area contributed by atoms with Crippen LogP contribution in [0.2, 0.25) is 0 Å². The summed E-state index contributed by atoms with van der Waals surface area (Å²) in [6, 6.07) is 81.2. The average Bonchev–Trinajstić information content (AvgIpc) is 3.38. The molecule has 0 bridgehead atoms. The Bertz CT molecular complexity index is 3010. The van der Waals surface area contributed by atoms with Gasteiger partial charge in [0.2, 0.25) is 0 Å². The number of hydrogen-bond donors (Lipinski definition) is 0. The fourth-order valence-electron chi connectivity index (χ4n) is 8.38. The van der Waals surface area contributed by atoms with E-state index in [1.807, 2.05) is 55.0 Å². The Kier molecular flexibility index (Phi) is 13.5. The van der Waals surface area contributed by atoms with Crippen LogP contribution in [0.15, 0.2) is 219 Å². The van der Waals surface area contributed by atoms with Crippen molar-refractivity contribution >= 4 is 0 Å². The van der Waals surface area contributed by atoms with Crippen molar-refractivity contribution in [2.24, 2.45) is 0 Å². The zero-order valence-electron chi connectivity index (χ0n) is 35.8. The molecule has 312 valence electrons. The van der Waals surface area contributed by atoms with E-state index in [2.05, 4.69) is 192 Å². The minimum atomic E-state index is 0. The summed E-state index contributed by atoms with van der Waals surface area (Å²) in [7, 11) is 0. The quantitative estimate of drug-likeness (QED) is 0.108. The van der Waals surface area contributed by atoms with E-state index in [4.69, 9.17) is 4.98 Å². The molecule has 0 aliphatic heterocycles. The Hall–Kier alpha value is -7.36. The predicted octanol–water partition coefficient (Wildman–Crippen LogP) is 14.5. The Morgan fingerprint density at radius 1 is 0.292 bits per heavy atom. The summed E-state index contributed by atoms with van der Waals surface area (Å²) in [5, 5.41) is 0. The third-order valence-electron chi connectivity index (χ3n) is 11.8. The SMILES string of the molecule is [Ir+3].[c-]1cc(CCc2cc(CCc3c[c-]c(-c4ccccn4)cc3)cc(-c3ccccc3-c3c[c-]c(-c4cc(-c5cccc(-c6ccccc6)c5)ccn4)cc3)c2)ccc1-c1ccccn1. The minimum Gasteiger partial charge on any atom is -0.305 e. The van der Waals surface area contributed by atoms with Gasteiger partial charge >= 0.3 is 20.1 Å². The second kappa shape index (κ2) is 20.4. The predicted molar refractivity (Wildman–Crippen MR) is 262 cm³/mol. The van der Waals surface area contributed by atoms with Crippen molar-refractivity contribution in [1.82, 2.24) is 15.0 Å². The molecule has 0 N–H and O–H groups in total. The van der Waals surface area contributed by atoms with Crippen molar-refractivity contribution in [3.8, 4) is 78.3 Å². The maximum Gasteiger partial charge on any atom is 3.00 e. The summed E-state index contributed by atoms with van der Waals surface area (Å²) >= 11 is 0. The van der Waals surface area contributed by atoms with E-state index in [0.29, 0.717) is 0 Å².